The molecule has 0 radical (unpaired) electrons. The van der Waals surface area contributed by atoms with Gasteiger partial charge in [-0.15, -0.1) is 0 Å². The third-order valence-electron chi connectivity index (χ3n) is 1.86. The molecular formula is C9H7BrN4OS. The molecule has 5 nitrogen and oxygen atoms in total. The fourth-order valence-electron chi connectivity index (χ4n) is 1.13. The molecule has 82 valence electrons. The van der Waals surface area contributed by atoms with Crippen LogP contribution in [-0.4, -0.2) is 15.9 Å². The summed E-state index contributed by atoms with van der Waals surface area (Å²) >= 11 is 4.45. The summed E-state index contributed by atoms with van der Waals surface area (Å²) in [5.74, 6) is -0.620. The number of hydrogen-bond donors (Lipinski definition) is 2. The minimum atomic E-state index is -0.620. The Morgan fingerprint density at radius 1 is 1.44 bits per heavy atom. The van der Waals surface area contributed by atoms with Gasteiger partial charge in [-0.2, -0.15) is 0 Å². The predicted molar refractivity (Wildman–Crippen MR) is 66.0 cm³/mol. The number of thiazole rings is 1. The first-order valence-electron chi connectivity index (χ1n) is 4.26. The maximum atomic E-state index is 11.0. The van der Waals surface area contributed by atoms with Gasteiger partial charge >= 0.3 is 0 Å². The zero-order valence-electron chi connectivity index (χ0n) is 7.98. The van der Waals surface area contributed by atoms with Gasteiger partial charge in [0.2, 0.25) is 0 Å². The Labute approximate surface area is 104 Å². The van der Waals surface area contributed by atoms with Crippen LogP contribution in [0.4, 0.5) is 5.00 Å². The van der Waals surface area contributed by atoms with Gasteiger partial charge in [0.05, 0.1) is 0 Å². The number of amides is 1. The molecule has 0 saturated heterocycles. The van der Waals surface area contributed by atoms with E-state index in [-0.39, 0.29) is 5.69 Å². The first-order chi connectivity index (χ1) is 7.58. The Hall–Kier alpha value is -1.47. The van der Waals surface area contributed by atoms with Crippen LogP contribution in [-0.2, 0) is 0 Å². The number of aromatic nitrogens is 2. The summed E-state index contributed by atoms with van der Waals surface area (Å²) < 4.78 is 0.732. The molecule has 16 heavy (non-hydrogen) atoms. The molecule has 0 aliphatic rings. The maximum absolute atomic E-state index is 11.0. The van der Waals surface area contributed by atoms with Crippen LogP contribution in [0.15, 0.2) is 22.9 Å². The number of halogens is 1. The van der Waals surface area contributed by atoms with Crippen molar-refractivity contribution in [3.05, 3.63) is 28.6 Å². The lowest BCUT2D eigenvalue weighted by atomic mass is 10.3. The van der Waals surface area contributed by atoms with E-state index in [0.717, 1.165) is 10.2 Å². The van der Waals surface area contributed by atoms with Gasteiger partial charge < -0.3 is 11.5 Å². The molecular weight excluding hydrogens is 292 g/mol. The molecule has 0 fully saturated rings. The van der Waals surface area contributed by atoms with E-state index in [1.165, 1.54) is 11.3 Å². The molecule has 0 aromatic carbocycles. The fraction of sp³-hybridized carbons (Fsp3) is 0. The molecule has 0 bridgehead atoms. The molecule has 0 atom stereocenters. The highest BCUT2D eigenvalue weighted by atomic mass is 79.9. The number of nitrogens with zero attached hydrogens (tertiary/aromatic N) is 2. The van der Waals surface area contributed by atoms with Crippen LogP contribution in [0.5, 0.6) is 0 Å². The number of hydrogen-bond acceptors (Lipinski definition) is 5. The summed E-state index contributed by atoms with van der Waals surface area (Å²) in [7, 11) is 0. The summed E-state index contributed by atoms with van der Waals surface area (Å²) in [4.78, 5) is 19.1. The molecule has 1 amide bonds. The van der Waals surface area contributed by atoms with Gasteiger partial charge in [0, 0.05) is 11.8 Å². The highest BCUT2D eigenvalue weighted by molar-refractivity contribution is 9.10. The van der Waals surface area contributed by atoms with Crippen LogP contribution in [0.25, 0.3) is 10.6 Å². The normalized spacial score (nSPS) is 10.3. The standard InChI is InChI=1S/C9H7BrN4OS/c10-5-2-1-4(3-13-5)9-14-6(7(11)15)8(12)16-9/h1-3H,12H2,(H2,11,15). The first kappa shape index (κ1) is 11.0. The Morgan fingerprint density at radius 2 is 2.19 bits per heavy atom. The highest BCUT2D eigenvalue weighted by Gasteiger charge is 2.14. The molecule has 4 N–H and O–H groups in total. The molecule has 7 heteroatoms. The third-order valence-corrected chi connectivity index (χ3v) is 3.26. The van der Waals surface area contributed by atoms with Gasteiger partial charge in [0.1, 0.15) is 14.6 Å². The Balaban J connectivity index is 2.45. The Morgan fingerprint density at radius 3 is 2.69 bits per heavy atom. The smallest absolute Gasteiger partial charge is 0.270 e. The van der Waals surface area contributed by atoms with Crippen LogP contribution < -0.4 is 11.5 Å². The van der Waals surface area contributed by atoms with E-state index in [4.69, 9.17) is 11.5 Å². The van der Waals surface area contributed by atoms with Crippen molar-refractivity contribution in [2.75, 3.05) is 5.73 Å². The molecule has 0 spiro atoms. The van der Waals surface area contributed by atoms with E-state index < -0.39 is 5.91 Å². The second-order valence-electron chi connectivity index (χ2n) is 2.97. The molecule has 2 aromatic rings. The average Bonchev–Trinajstić information content (AvgIpc) is 2.61. The van der Waals surface area contributed by atoms with Gasteiger partial charge in [0.15, 0.2) is 5.69 Å². The van der Waals surface area contributed by atoms with Gasteiger partial charge in [-0.25, -0.2) is 9.97 Å². The summed E-state index contributed by atoms with van der Waals surface area (Å²) in [5, 5.41) is 0.955. The summed E-state index contributed by atoms with van der Waals surface area (Å²) in [5.41, 5.74) is 11.7. The molecule has 2 heterocycles. The largest absolute Gasteiger partial charge is 0.389 e. The van der Waals surface area contributed by atoms with Crippen molar-refractivity contribution in [2.45, 2.75) is 0 Å². The molecule has 0 aliphatic carbocycles. The Kier molecular flexibility index (Phi) is 2.88. The minimum absolute atomic E-state index is 0.114. The highest BCUT2D eigenvalue weighted by Crippen LogP contribution is 2.29. The van der Waals surface area contributed by atoms with Gasteiger partial charge in [-0.3, -0.25) is 4.79 Å². The van der Waals surface area contributed by atoms with Crippen molar-refractivity contribution in [2.24, 2.45) is 5.73 Å². The van der Waals surface area contributed by atoms with E-state index in [9.17, 15) is 4.79 Å². The van der Waals surface area contributed by atoms with Crippen LogP contribution in [0.1, 0.15) is 10.5 Å². The number of nitrogen functional groups attached to an aromatic ring is 1. The van der Waals surface area contributed by atoms with E-state index in [2.05, 4.69) is 25.9 Å². The summed E-state index contributed by atoms with van der Waals surface area (Å²) in [6.07, 6.45) is 1.65. The van der Waals surface area contributed by atoms with Gasteiger partial charge in [0.25, 0.3) is 5.91 Å². The minimum Gasteiger partial charge on any atom is -0.389 e. The lowest BCUT2D eigenvalue weighted by Gasteiger charge is -1.94. The number of anilines is 1. The lowest BCUT2D eigenvalue weighted by Crippen LogP contribution is -2.13. The average molecular weight is 299 g/mol. The zero-order valence-corrected chi connectivity index (χ0v) is 10.4. The predicted octanol–water partition coefficient (Wildman–Crippen LogP) is 1.65. The molecule has 2 aromatic heterocycles. The second kappa shape index (κ2) is 4.18. The topological polar surface area (TPSA) is 94.9 Å². The van der Waals surface area contributed by atoms with E-state index in [1.807, 2.05) is 6.07 Å². The number of carbonyl (C=O) groups excluding carboxylic acids is 1. The maximum Gasteiger partial charge on any atom is 0.270 e. The van der Waals surface area contributed by atoms with Crippen molar-refractivity contribution >= 4 is 38.2 Å². The monoisotopic (exact) mass is 298 g/mol. The lowest BCUT2D eigenvalue weighted by molar-refractivity contribution is 0.0997. The van der Waals surface area contributed by atoms with Crippen molar-refractivity contribution in [1.82, 2.24) is 9.97 Å². The van der Waals surface area contributed by atoms with Gasteiger partial charge in [-0.05, 0) is 28.1 Å². The number of primary amides is 1. The number of nitrogens with two attached hydrogens (primary N) is 2. The van der Waals surface area contributed by atoms with Crippen molar-refractivity contribution < 1.29 is 4.79 Å². The molecule has 2 rings (SSSR count). The van der Waals surface area contributed by atoms with E-state index in [1.54, 1.807) is 12.3 Å². The molecule has 0 saturated carbocycles. The van der Waals surface area contributed by atoms with Gasteiger partial charge in [-0.1, -0.05) is 11.3 Å². The fourth-order valence-corrected chi connectivity index (χ4v) is 2.20. The van der Waals surface area contributed by atoms with Crippen LogP contribution in [0.3, 0.4) is 0 Å². The van der Waals surface area contributed by atoms with Crippen molar-refractivity contribution in [3.8, 4) is 10.6 Å². The number of pyridine rings is 1. The third kappa shape index (κ3) is 2.05. The SMILES string of the molecule is NC(=O)c1nc(-c2ccc(Br)nc2)sc1N. The van der Waals surface area contributed by atoms with E-state index in [0.29, 0.717) is 10.0 Å². The van der Waals surface area contributed by atoms with Crippen molar-refractivity contribution in [3.63, 3.8) is 0 Å². The number of rotatable bonds is 2. The van der Waals surface area contributed by atoms with Crippen LogP contribution in [0.2, 0.25) is 0 Å². The van der Waals surface area contributed by atoms with E-state index >= 15 is 0 Å². The van der Waals surface area contributed by atoms with Crippen LogP contribution in [0, 0.1) is 0 Å². The van der Waals surface area contributed by atoms with Crippen molar-refractivity contribution in [1.29, 1.82) is 0 Å². The quantitative estimate of drug-likeness (QED) is 0.824. The first-order valence-corrected chi connectivity index (χ1v) is 5.87. The molecule has 0 aliphatic heterocycles. The summed E-state index contributed by atoms with van der Waals surface area (Å²) in [6, 6.07) is 3.62. The Bertz CT molecular complexity index is 537. The summed E-state index contributed by atoms with van der Waals surface area (Å²) in [6.45, 7) is 0. The number of carbonyl (C=O) groups is 1. The molecule has 0 unspecified atom stereocenters. The second-order valence-corrected chi connectivity index (χ2v) is 4.81. The zero-order chi connectivity index (χ0) is 11.7. The van der Waals surface area contributed by atoms with Crippen LogP contribution >= 0.6 is 27.3 Å².